The van der Waals surface area contributed by atoms with Crippen LogP contribution in [0.5, 0.6) is 17.2 Å². The zero-order valence-corrected chi connectivity index (χ0v) is 23.7. The van der Waals surface area contributed by atoms with Crippen molar-refractivity contribution in [3.8, 4) is 17.2 Å². The highest BCUT2D eigenvalue weighted by Crippen LogP contribution is 2.46. The Morgan fingerprint density at radius 2 is 1.88 bits per heavy atom. The molecule has 4 aromatic rings. The van der Waals surface area contributed by atoms with Gasteiger partial charge < -0.3 is 19.3 Å². The number of carbonyl (C=O) groups excluding carboxylic acids is 2. The molecule has 0 aliphatic carbocycles. The van der Waals surface area contributed by atoms with Crippen LogP contribution in [-0.2, 0) is 9.59 Å². The molecule has 0 bridgehead atoms. The standard InChI is InChI=1S/C31H29FN2O6S/c1-4-6-14-40-21-9-7-8-19(15-21)28(35)26-27(18-10-13-23(39-5-2)24(16-18)38-3)34(30(37)29(26)36)31-33-22-12-11-20(32)17-25(22)41-31/h7-13,15-17,27,35H,4-6,14H2,1-3H3. The average Bonchev–Trinajstić information content (AvgIpc) is 3.50. The number of halogens is 1. The normalized spacial score (nSPS) is 16.4. The quantitative estimate of drug-likeness (QED) is 0.0977. The van der Waals surface area contributed by atoms with Crippen molar-refractivity contribution in [1.29, 1.82) is 0 Å². The second-order valence-corrected chi connectivity index (χ2v) is 10.4. The van der Waals surface area contributed by atoms with E-state index < -0.39 is 23.5 Å². The largest absolute Gasteiger partial charge is 0.507 e. The number of anilines is 1. The number of benzene rings is 3. The lowest BCUT2D eigenvalue weighted by Crippen LogP contribution is -2.29. The molecular formula is C31H29FN2O6S. The van der Waals surface area contributed by atoms with Crippen molar-refractivity contribution < 1.29 is 33.3 Å². The highest BCUT2D eigenvalue weighted by Gasteiger charge is 2.48. The molecule has 1 N–H and O–H groups in total. The number of aromatic nitrogens is 1. The Balaban J connectivity index is 1.68. The van der Waals surface area contributed by atoms with Gasteiger partial charge in [-0.05, 0) is 61.4 Å². The van der Waals surface area contributed by atoms with E-state index in [0.29, 0.717) is 51.8 Å². The number of ketones is 1. The third-order valence-electron chi connectivity index (χ3n) is 6.67. The Morgan fingerprint density at radius 1 is 1.05 bits per heavy atom. The number of rotatable bonds is 10. The van der Waals surface area contributed by atoms with Crippen LogP contribution in [0.25, 0.3) is 16.0 Å². The Labute approximate surface area is 240 Å². The molecule has 1 atom stereocenters. The van der Waals surface area contributed by atoms with Crippen molar-refractivity contribution in [2.24, 2.45) is 0 Å². The summed E-state index contributed by atoms with van der Waals surface area (Å²) in [5, 5.41) is 11.7. The topological polar surface area (TPSA) is 98.2 Å². The van der Waals surface area contributed by atoms with E-state index in [2.05, 4.69) is 11.9 Å². The van der Waals surface area contributed by atoms with Gasteiger partial charge >= 0.3 is 5.91 Å². The molecule has 212 valence electrons. The van der Waals surface area contributed by atoms with Crippen molar-refractivity contribution in [2.45, 2.75) is 32.7 Å². The molecule has 5 rings (SSSR count). The van der Waals surface area contributed by atoms with Gasteiger partial charge in [-0.3, -0.25) is 14.5 Å². The van der Waals surface area contributed by atoms with Crippen LogP contribution in [0.1, 0.15) is 43.9 Å². The fraction of sp³-hybridized carbons (Fsp3) is 0.258. The number of carbonyl (C=O) groups is 2. The molecule has 0 saturated carbocycles. The zero-order valence-electron chi connectivity index (χ0n) is 22.8. The van der Waals surface area contributed by atoms with Gasteiger partial charge in [-0.1, -0.05) is 42.9 Å². The summed E-state index contributed by atoms with van der Waals surface area (Å²) in [5.41, 5.74) is 1.18. The van der Waals surface area contributed by atoms with Crippen LogP contribution in [0.3, 0.4) is 0 Å². The van der Waals surface area contributed by atoms with Crippen molar-refractivity contribution in [3.05, 3.63) is 83.2 Å². The van der Waals surface area contributed by atoms with Crippen molar-refractivity contribution in [1.82, 2.24) is 4.98 Å². The first-order valence-corrected chi connectivity index (χ1v) is 14.1. The first kappa shape index (κ1) is 28.1. The molecule has 10 heteroatoms. The fourth-order valence-corrected chi connectivity index (χ4v) is 5.70. The number of hydrogen-bond acceptors (Lipinski definition) is 8. The molecule has 1 amide bonds. The molecule has 0 spiro atoms. The van der Waals surface area contributed by atoms with E-state index in [1.54, 1.807) is 42.5 Å². The van der Waals surface area contributed by atoms with Crippen LogP contribution < -0.4 is 19.1 Å². The molecule has 1 aliphatic heterocycles. The number of nitrogens with zero attached hydrogens (tertiary/aromatic N) is 2. The second-order valence-electron chi connectivity index (χ2n) is 9.35. The predicted molar refractivity (Wildman–Crippen MR) is 155 cm³/mol. The number of fused-ring (bicyclic) bond motifs is 1. The van der Waals surface area contributed by atoms with E-state index in [1.807, 2.05) is 6.92 Å². The molecule has 1 fully saturated rings. The maximum Gasteiger partial charge on any atom is 0.301 e. The van der Waals surface area contributed by atoms with E-state index >= 15 is 0 Å². The number of ether oxygens (including phenoxy) is 3. The Morgan fingerprint density at radius 3 is 2.63 bits per heavy atom. The summed E-state index contributed by atoms with van der Waals surface area (Å²) in [6.45, 7) is 4.82. The lowest BCUT2D eigenvalue weighted by Gasteiger charge is -2.24. The van der Waals surface area contributed by atoms with Gasteiger partial charge in [0.2, 0.25) is 0 Å². The van der Waals surface area contributed by atoms with Gasteiger partial charge in [-0.2, -0.15) is 0 Å². The summed E-state index contributed by atoms with van der Waals surface area (Å²) < 4.78 is 31.4. The Kier molecular flexibility index (Phi) is 8.21. The summed E-state index contributed by atoms with van der Waals surface area (Å²) in [6.07, 6.45) is 1.83. The number of thiazole rings is 1. The fourth-order valence-electron chi connectivity index (χ4n) is 4.69. The molecule has 1 aromatic heterocycles. The minimum absolute atomic E-state index is 0.114. The smallest absolute Gasteiger partial charge is 0.301 e. The van der Waals surface area contributed by atoms with Crippen molar-refractivity contribution >= 4 is 44.1 Å². The zero-order chi connectivity index (χ0) is 29.1. The maximum atomic E-state index is 13.9. The number of Topliss-reactive ketones (excluding diaryl/α,β-unsaturated/α-hetero) is 1. The summed E-state index contributed by atoms with van der Waals surface area (Å²) in [6, 6.07) is 14.9. The highest BCUT2D eigenvalue weighted by molar-refractivity contribution is 7.22. The van der Waals surface area contributed by atoms with Crippen molar-refractivity contribution in [2.75, 3.05) is 25.2 Å². The summed E-state index contributed by atoms with van der Waals surface area (Å²) in [5.74, 6) is -1.11. The molecule has 2 heterocycles. The Hall–Kier alpha value is -4.44. The van der Waals surface area contributed by atoms with Crippen LogP contribution in [0.2, 0.25) is 0 Å². The average molecular weight is 577 g/mol. The van der Waals surface area contributed by atoms with Gasteiger partial charge in [0.1, 0.15) is 17.3 Å². The second kappa shape index (κ2) is 12.0. The van der Waals surface area contributed by atoms with Gasteiger partial charge in [0.15, 0.2) is 16.6 Å². The molecule has 0 radical (unpaired) electrons. The van der Waals surface area contributed by atoms with Crippen LogP contribution in [0, 0.1) is 5.82 Å². The molecule has 3 aromatic carbocycles. The lowest BCUT2D eigenvalue weighted by atomic mass is 9.95. The predicted octanol–water partition coefficient (Wildman–Crippen LogP) is 6.65. The van der Waals surface area contributed by atoms with E-state index in [1.165, 1.54) is 30.2 Å². The van der Waals surface area contributed by atoms with Gasteiger partial charge in [-0.25, -0.2) is 9.37 Å². The monoisotopic (exact) mass is 576 g/mol. The van der Waals surface area contributed by atoms with E-state index in [0.717, 1.165) is 24.2 Å². The van der Waals surface area contributed by atoms with E-state index in [4.69, 9.17) is 14.2 Å². The third kappa shape index (κ3) is 5.47. The summed E-state index contributed by atoms with van der Waals surface area (Å²) in [4.78, 5) is 33.0. The number of hydrogen-bond donors (Lipinski definition) is 1. The Bertz CT molecular complexity index is 1650. The summed E-state index contributed by atoms with van der Waals surface area (Å²) in [7, 11) is 1.49. The van der Waals surface area contributed by atoms with Gasteiger partial charge in [0.05, 0.1) is 42.2 Å². The number of aliphatic hydroxyl groups excluding tert-OH is 1. The number of amides is 1. The first-order chi connectivity index (χ1) is 19.9. The number of unbranched alkanes of at least 4 members (excludes halogenated alkanes) is 1. The molecular weight excluding hydrogens is 547 g/mol. The van der Waals surface area contributed by atoms with E-state index in [-0.39, 0.29) is 16.5 Å². The van der Waals surface area contributed by atoms with Crippen molar-refractivity contribution in [3.63, 3.8) is 0 Å². The molecule has 1 aliphatic rings. The maximum absolute atomic E-state index is 13.9. The third-order valence-corrected chi connectivity index (χ3v) is 7.68. The molecule has 8 nitrogen and oxygen atoms in total. The van der Waals surface area contributed by atoms with Gasteiger partial charge in [0.25, 0.3) is 5.78 Å². The van der Waals surface area contributed by atoms with Crippen LogP contribution in [-0.4, -0.2) is 42.1 Å². The SMILES string of the molecule is CCCCOc1cccc(C(O)=C2C(=O)C(=O)N(c3nc4ccc(F)cc4s3)C2c2ccc(OCC)c(OC)c2)c1. The number of methoxy groups -OCH3 is 1. The number of aliphatic hydroxyl groups is 1. The molecule has 41 heavy (non-hydrogen) atoms. The van der Waals surface area contributed by atoms with Gasteiger partial charge in [-0.15, -0.1) is 0 Å². The molecule has 1 saturated heterocycles. The minimum Gasteiger partial charge on any atom is -0.507 e. The lowest BCUT2D eigenvalue weighted by molar-refractivity contribution is -0.132. The van der Waals surface area contributed by atoms with Crippen LogP contribution >= 0.6 is 11.3 Å². The minimum atomic E-state index is -1.05. The first-order valence-electron chi connectivity index (χ1n) is 13.3. The van der Waals surface area contributed by atoms with Crippen LogP contribution in [0.15, 0.2) is 66.2 Å². The van der Waals surface area contributed by atoms with E-state index in [9.17, 15) is 19.1 Å². The highest BCUT2D eigenvalue weighted by atomic mass is 32.1. The molecule has 1 unspecified atom stereocenters. The van der Waals surface area contributed by atoms with Crippen LogP contribution in [0.4, 0.5) is 9.52 Å². The van der Waals surface area contributed by atoms with Gasteiger partial charge in [0, 0.05) is 5.56 Å². The summed E-state index contributed by atoms with van der Waals surface area (Å²) >= 11 is 1.08.